The summed E-state index contributed by atoms with van der Waals surface area (Å²) in [6.45, 7) is 3.17. The summed E-state index contributed by atoms with van der Waals surface area (Å²) in [7, 11) is 3.02. The topological polar surface area (TPSA) is 168 Å². The highest BCUT2D eigenvalue weighted by atomic mass is 35.5. The second kappa shape index (κ2) is 10.1. The van der Waals surface area contributed by atoms with E-state index >= 15 is 0 Å². The Morgan fingerprint density at radius 3 is 2.78 bits per heavy atom. The molecule has 4 rings (SSSR count). The van der Waals surface area contributed by atoms with Crippen LogP contribution >= 0.6 is 11.6 Å². The average Bonchev–Trinajstić information content (AvgIpc) is 3.49. The average molecular weight is 511 g/mol. The number of amides is 1. The van der Waals surface area contributed by atoms with Gasteiger partial charge in [0.25, 0.3) is 0 Å². The number of anilines is 4. The van der Waals surface area contributed by atoms with E-state index in [4.69, 9.17) is 16.3 Å². The molecule has 0 radical (unpaired) electrons. The molecule has 0 unspecified atom stereocenters. The minimum atomic E-state index is -1.07. The van der Waals surface area contributed by atoms with Crippen LogP contribution in [0.5, 0.6) is 0 Å². The van der Waals surface area contributed by atoms with Gasteiger partial charge in [0.15, 0.2) is 17.2 Å². The van der Waals surface area contributed by atoms with Gasteiger partial charge in [-0.1, -0.05) is 11.6 Å². The molecule has 3 heterocycles. The van der Waals surface area contributed by atoms with Crippen LogP contribution in [-0.2, 0) is 4.74 Å². The van der Waals surface area contributed by atoms with Crippen molar-refractivity contribution < 1.29 is 14.6 Å². The summed E-state index contributed by atoms with van der Waals surface area (Å²) >= 11 is 6.78. The molecule has 3 aromatic rings. The number of nitrogens with one attached hydrogen (secondary N) is 2. The van der Waals surface area contributed by atoms with Gasteiger partial charge in [0.1, 0.15) is 6.07 Å². The Bertz CT molecular complexity index is 1400. The van der Waals surface area contributed by atoms with E-state index in [9.17, 15) is 20.4 Å². The van der Waals surface area contributed by atoms with Crippen LogP contribution < -0.4 is 15.5 Å². The van der Waals surface area contributed by atoms with Crippen molar-refractivity contribution in [3.63, 3.8) is 0 Å². The van der Waals surface area contributed by atoms with E-state index in [-0.39, 0.29) is 17.7 Å². The van der Waals surface area contributed by atoms with Gasteiger partial charge in [0.2, 0.25) is 5.95 Å². The van der Waals surface area contributed by atoms with Crippen LogP contribution in [0.4, 0.5) is 27.9 Å². The molecule has 2 aromatic heterocycles. The highest BCUT2D eigenvalue weighted by molar-refractivity contribution is 6.36. The van der Waals surface area contributed by atoms with Crippen LogP contribution in [0.1, 0.15) is 18.2 Å². The van der Waals surface area contributed by atoms with Crippen LogP contribution in [0.15, 0.2) is 18.3 Å². The number of imidazole rings is 1. The number of nitrogens with zero attached hydrogens (tertiary/aromatic N) is 8. The number of rotatable bonds is 7. The van der Waals surface area contributed by atoms with Crippen molar-refractivity contribution in [2.24, 2.45) is 0 Å². The van der Waals surface area contributed by atoms with Crippen molar-refractivity contribution in [2.75, 3.05) is 49.3 Å². The number of halogens is 1. The molecule has 14 heteroatoms. The molecule has 1 fully saturated rings. The van der Waals surface area contributed by atoms with Crippen LogP contribution in [0.25, 0.3) is 5.65 Å². The minimum absolute atomic E-state index is 0.135. The predicted molar refractivity (Wildman–Crippen MR) is 132 cm³/mol. The fourth-order valence-electron chi connectivity index (χ4n) is 4.11. The number of ether oxygens (including phenoxy) is 1. The summed E-state index contributed by atoms with van der Waals surface area (Å²) in [5.74, 6) is 0.557. The number of nitriles is 2. The third kappa shape index (κ3) is 4.49. The van der Waals surface area contributed by atoms with Crippen LogP contribution in [-0.4, -0.2) is 81.6 Å². The van der Waals surface area contributed by atoms with Crippen molar-refractivity contribution in [1.82, 2.24) is 24.5 Å². The summed E-state index contributed by atoms with van der Waals surface area (Å²) in [6.07, 6.45) is -0.0491. The van der Waals surface area contributed by atoms with Crippen LogP contribution in [0.3, 0.4) is 0 Å². The van der Waals surface area contributed by atoms with E-state index < -0.39 is 12.1 Å². The van der Waals surface area contributed by atoms with E-state index in [2.05, 4.69) is 31.8 Å². The van der Waals surface area contributed by atoms with E-state index in [1.165, 1.54) is 29.8 Å². The Kier molecular flexibility index (Phi) is 6.96. The van der Waals surface area contributed by atoms with Crippen molar-refractivity contribution in [1.29, 1.82) is 10.5 Å². The highest BCUT2D eigenvalue weighted by Crippen LogP contribution is 2.38. The Labute approximate surface area is 211 Å². The van der Waals surface area contributed by atoms with Crippen molar-refractivity contribution >= 4 is 46.5 Å². The number of hydrogen-bond acceptors (Lipinski definition) is 10. The number of benzene rings is 1. The Hall–Kier alpha value is -4.33. The number of methoxy groups -OCH3 is 1. The summed E-state index contributed by atoms with van der Waals surface area (Å²) < 4.78 is 6.90. The molecule has 3 N–H and O–H groups in total. The van der Waals surface area contributed by atoms with Gasteiger partial charge in [-0.05, 0) is 19.1 Å². The molecule has 1 aliphatic heterocycles. The maximum absolute atomic E-state index is 11.5. The molecule has 0 aliphatic carbocycles. The number of carbonyl (C=O) groups is 1. The van der Waals surface area contributed by atoms with E-state index in [0.717, 1.165) is 0 Å². The molecule has 0 saturated carbocycles. The van der Waals surface area contributed by atoms with Crippen LogP contribution in [0, 0.1) is 22.7 Å². The van der Waals surface area contributed by atoms with Gasteiger partial charge in [-0.3, -0.25) is 0 Å². The first-order valence-corrected chi connectivity index (χ1v) is 11.3. The second-order valence-electron chi connectivity index (χ2n) is 8.04. The number of hydrogen-bond donors (Lipinski definition) is 3. The first-order chi connectivity index (χ1) is 17.3. The molecule has 13 nitrogen and oxygen atoms in total. The van der Waals surface area contributed by atoms with Crippen molar-refractivity contribution in [3.8, 4) is 12.1 Å². The predicted octanol–water partition coefficient (Wildman–Crippen LogP) is 2.51. The van der Waals surface area contributed by atoms with Gasteiger partial charge >= 0.3 is 6.09 Å². The maximum Gasteiger partial charge on any atom is 0.407 e. The fourth-order valence-corrected chi connectivity index (χ4v) is 4.39. The first-order valence-electron chi connectivity index (χ1n) is 10.9. The van der Waals surface area contributed by atoms with E-state index in [1.54, 1.807) is 12.1 Å². The molecule has 0 bridgehead atoms. The Balaban J connectivity index is 1.73. The summed E-state index contributed by atoms with van der Waals surface area (Å²) in [5.41, 5.74) is 1.86. The number of carboxylic acid groups (broad SMARTS) is 1. The van der Waals surface area contributed by atoms with Gasteiger partial charge in [-0.2, -0.15) is 20.0 Å². The van der Waals surface area contributed by atoms with E-state index in [0.29, 0.717) is 53.1 Å². The van der Waals surface area contributed by atoms with Gasteiger partial charge in [0.05, 0.1) is 46.4 Å². The lowest BCUT2D eigenvalue weighted by Gasteiger charge is -2.25. The molecule has 1 aliphatic rings. The first kappa shape index (κ1) is 24.8. The Morgan fingerprint density at radius 1 is 1.36 bits per heavy atom. The third-order valence-corrected chi connectivity index (χ3v) is 6.33. The normalized spacial score (nSPS) is 17.0. The number of fused-ring (bicyclic) bond motifs is 1. The summed E-state index contributed by atoms with van der Waals surface area (Å²) in [5, 5.41) is 39.3. The third-order valence-electron chi connectivity index (χ3n) is 5.93. The quantitative estimate of drug-likeness (QED) is 0.427. The molecular formula is C22H23ClN10O3. The minimum Gasteiger partial charge on any atom is -0.465 e. The molecule has 36 heavy (non-hydrogen) atoms. The van der Waals surface area contributed by atoms with Crippen molar-refractivity contribution in [3.05, 3.63) is 34.6 Å². The van der Waals surface area contributed by atoms with Gasteiger partial charge < -0.3 is 30.3 Å². The smallest absolute Gasteiger partial charge is 0.407 e. The number of aromatic nitrogens is 4. The Morgan fingerprint density at radius 2 is 2.14 bits per heavy atom. The highest BCUT2D eigenvalue weighted by Gasteiger charge is 2.38. The lowest BCUT2D eigenvalue weighted by Crippen LogP contribution is -2.44. The zero-order valence-electron chi connectivity index (χ0n) is 19.7. The lowest BCUT2D eigenvalue weighted by molar-refractivity contribution is 0.0536. The fraction of sp³-hybridized carbons (Fsp3) is 0.364. The number of likely N-dealkylation sites (N-methyl/N-ethyl adjacent to an activating group) is 1. The summed E-state index contributed by atoms with van der Waals surface area (Å²) in [6, 6.07) is 6.94. The molecule has 1 saturated heterocycles. The largest absolute Gasteiger partial charge is 0.465 e. The van der Waals surface area contributed by atoms with Crippen molar-refractivity contribution in [2.45, 2.75) is 19.1 Å². The van der Waals surface area contributed by atoms with E-state index in [1.807, 2.05) is 17.9 Å². The zero-order chi connectivity index (χ0) is 26.0. The van der Waals surface area contributed by atoms with Gasteiger partial charge in [-0.15, -0.1) is 5.10 Å². The maximum atomic E-state index is 11.5. The SMILES string of the molecule is CCNc1nc(Nc2cc(C#N)cc(N3C[C@H](OC)[C@@H](N(C)C(=O)O)C3)c2Cl)nn2c(C#N)cnc12. The summed E-state index contributed by atoms with van der Waals surface area (Å²) in [4.78, 5) is 23.3. The molecule has 186 valence electrons. The monoisotopic (exact) mass is 510 g/mol. The lowest BCUT2D eigenvalue weighted by atomic mass is 10.1. The molecule has 2 atom stereocenters. The van der Waals surface area contributed by atoms with Crippen LogP contribution in [0.2, 0.25) is 5.02 Å². The second-order valence-corrected chi connectivity index (χ2v) is 8.42. The van der Waals surface area contributed by atoms with Gasteiger partial charge in [-0.25, -0.2) is 9.78 Å². The van der Waals surface area contributed by atoms with Gasteiger partial charge in [0, 0.05) is 33.8 Å². The standard InChI is InChI=1S/C22H23ClN10O3/c1-4-26-19-20-27-9-13(8-25)33(20)30-21(29-19)28-14-5-12(7-24)6-15(18(14)23)32-10-16(17(11-32)36-3)31(2)22(34)35/h5-6,9,16-17H,4,10-11H2,1-3H3,(H,34,35)(H2,26,28,29,30)/t16-,17-/m0/s1. The molecule has 1 amide bonds. The molecule has 0 spiro atoms. The molecule has 1 aromatic carbocycles. The zero-order valence-corrected chi connectivity index (χ0v) is 20.5. The molecular weight excluding hydrogens is 488 g/mol.